The fourth-order valence-corrected chi connectivity index (χ4v) is 9.34. The molecule has 9 heteroatoms. The Bertz CT molecular complexity index is 1200. The number of hydrogen-bond acceptors (Lipinski definition) is 7. The van der Waals surface area contributed by atoms with E-state index >= 15 is 0 Å². The van der Waals surface area contributed by atoms with Crippen LogP contribution in [0.5, 0.6) is 0 Å². The Morgan fingerprint density at radius 1 is 0.449 bits per heavy atom. The second-order valence-corrected chi connectivity index (χ2v) is 22.8. The highest BCUT2D eigenvalue weighted by Gasteiger charge is 2.20. The Morgan fingerprint density at radius 2 is 0.797 bits per heavy atom. The van der Waals surface area contributed by atoms with Gasteiger partial charge in [-0.25, -0.2) is 0 Å². The van der Waals surface area contributed by atoms with Crippen molar-refractivity contribution in [1.29, 1.82) is 0 Å². The molecule has 2 unspecified atom stereocenters. The van der Waals surface area contributed by atoms with Crippen molar-refractivity contribution in [2.75, 3.05) is 54.1 Å². The molecule has 0 aliphatic carbocycles. The fraction of sp³-hybridized carbons (Fsp3) is 0.883. The Hall–Kier alpha value is -1.28. The number of unbranched alkanes of at least 4 members (excludes halogenated alkanes) is 36. The van der Waals surface area contributed by atoms with Crippen LogP contribution < -0.4 is 4.89 Å². The summed E-state index contributed by atoms with van der Waals surface area (Å²) in [5.41, 5.74) is 0. The molecule has 0 aromatic heterocycles. The molecule has 8 nitrogen and oxygen atoms in total. The minimum absolute atomic E-state index is 0.0265. The van der Waals surface area contributed by atoms with Crippen molar-refractivity contribution < 1.29 is 37.3 Å². The predicted molar refractivity (Wildman–Crippen MR) is 296 cm³/mol. The second kappa shape index (κ2) is 53.0. The van der Waals surface area contributed by atoms with Gasteiger partial charge in [-0.2, -0.15) is 0 Å². The van der Waals surface area contributed by atoms with Gasteiger partial charge in [0.1, 0.15) is 19.3 Å². The molecule has 408 valence electrons. The smallest absolute Gasteiger partial charge is 0.306 e. The van der Waals surface area contributed by atoms with Crippen LogP contribution in [0, 0.1) is 0 Å². The first-order chi connectivity index (χ1) is 33.6. The Balaban J connectivity index is 4.05. The van der Waals surface area contributed by atoms with Crippen molar-refractivity contribution >= 4 is 13.8 Å². The van der Waals surface area contributed by atoms with Crippen molar-refractivity contribution in [3.8, 4) is 0 Å². The minimum atomic E-state index is -4.54. The van der Waals surface area contributed by atoms with Crippen LogP contribution in [0.3, 0.4) is 0 Å². The quantitative estimate of drug-likeness (QED) is 0.0197. The topological polar surface area (TPSA) is 94.1 Å². The lowest BCUT2D eigenvalue weighted by atomic mass is 10.0. The zero-order chi connectivity index (χ0) is 50.5. The third kappa shape index (κ3) is 57.5. The molecule has 0 aliphatic rings. The van der Waals surface area contributed by atoms with Gasteiger partial charge in [0.2, 0.25) is 0 Å². The van der Waals surface area contributed by atoms with Crippen LogP contribution in [-0.2, 0) is 27.9 Å². The van der Waals surface area contributed by atoms with Crippen molar-refractivity contribution in [3.05, 3.63) is 36.5 Å². The number of phosphoric acid groups is 1. The highest BCUT2D eigenvalue weighted by molar-refractivity contribution is 7.45. The number of nitrogens with zero attached hydrogens (tertiary/aromatic N) is 1. The zero-order valence-electron chi connectivity index (χ0n) is 46.5. The van der Waals surface area contributed by atoms with Gasteiger partial charge in [-0.05, 0) is 51.4 Å². The molecular formula is C60H116NO7P. The van der Waals surface area contributed by atoms with Crippen molar-refractivity contribution in [2.45, 2.75) is 290 Å². The Morgan fingerprint density at radius 3 is 1.19 bits per heavy atom. The molecule has 0 saturated heterocycles. The molecule has 0 saturated carbocycles. The van der Waals surface area contributed by atoms with Crippen LogP contribution in [0.4, 0.5) is 0 Å². The number of esters is 1. The van der Waals surface area contributed by atoms with Gasteiger partial charge < -0.3 is 27.9 Å². The molecule has 69 heavy (non-hydrogen) atoms. The van der Waals surface area contributed by atoms with E-state index in [9.17, 15) is 14.3 Å². The number of likely N-dealkylation sites (N-methyl/N-ethyl adjacent to an activating group) is 1. The molecule has 0 aromatic carbocycles. The maximum absolute atomic E-state index is 12.8. The number of quaternary nitrogens is 1. The molecule has 0 heterocycles. The molecule has 0 amide bonds. The maximum Gasteiger partial charge on any atom is 0.306 e. The zero-order valence-corrected chi connectivity index (χ0v) is 47.4. The van der Waals surface area contributed by atoms with E-state index in [-0.39, 0.29) is 25.8 Å². The highest BCUT2D eigenvalue weighted by atomic mass is 31.2. The second-order valence-electron chi connectivity index (χ2n) is 21.4. The van der Waals surface area contributed by atoms with Gasteiger partial charge in [0, 0.05) is 13.0 Å². The molecule has 0 spiro atoms. The summed E-state index contributed by atoms with van der Waals surface area (Å²) < 4.78 is 34.9. The van der Waals surface area contributed by atoms with E-state index < -0.39 is 13.9 Å². The minimum Gasteiger partial charge on any atom is -0.756 e. The lowest BCUT2D eigenvalue weighted by Crippen LogP contribution is -2.37. The van der Waals surface area contributed by atoms with Gasteiger partial charge in [-0.3, -0.25) is 9.36 Å². The normalized spacial score (nSPS) is 13.7. The molecule has 0 rings (SSSR count). The summed E-state index contributed by atoms with van der Waals surface area (Å²) in [7, 11) is 1.36. The molecule has 0 N–H and O–H groups in total. The van der Waals surface area contributed by atoms with Gasteiger partial charge in [0.05, 0.1) is 34.4 Å². The van der Waals surface area contributed by atoms with Crippen LogP contribution in [-0.4, -0.2) is 70.7 Å². The molecule has 0 aliphatic heterocycles. The van der Waals surface area contributed by atoms with Crippen molar-refractivity contribution in [2.24, 2.45) is 0 Å². The molecular weight excluding hydrogens is 878 g/mol. The molecule has 0 aromatic rings. The van der Waals surface area contributed by atoms with Gasteiger partial charge in [0.15, 0.2) is 0 Å². The third-order valence-electron chi connectivity index (χ3n) is 13.2. The molecule has 0 radical (unpaired) electrons. The molecule has 0 fully saturated rings. The van der Waals surface area contributed by atoms with Gasteiger partial charge in [-0.1, -0.05) is 262 Å². The summed E-state index contributed by atoms with van der Waals surface area (Å²) in [6.45, 7) is 5.45. The van der Waals surface area contributed by atoms with E-state index in [0.29, 0.717) is 24.1 Å². The summed E-state index contributed by atoms with van der Waals surface area (Å²) in [6, 6.07) is 0. The van der Waals surface area contributed by atoms with Gasteiger partial charge in [0.25, 0.3) is 7.82 Å². The van der Waals surface area contributed by atoms with Crippen LogP contribution in [0.2, 0.25) is 0 Å². The van der Waals surface area contributed by atoms with Crippen molar-refractivity contribution in [1.82, 2.24) is 0 Å². The van der Waals surface area contributed by atoms with E-state index in [1.165, 1.54) is 218 Å². The first-order valence-corrected chi connectivity index (χ1v) is 31.2. The SMILES string of the molecule is CCCCCCC/C=C\C/C=C\C/C=C\CCCCCCCCCCCOCC(COP(=O)([O-])OCC[N+](C)(C)C)OC(=O)CCCCCCCCCCCCCCCCCCCCCCCCC. The number of allylic oxidation sites excluding steroid dienone is 6. The van der Waals surface area contributed by atoms with Gasteiger partial charge >= 0.3 is 5.97 Å². The maximum atomic E-state index is 12.8. The van der Waals surface area contributed by atoms with Crippen molar-refractivity contribution in [3.63, 3.8) is 0 Å². The fourth-order valence-electron chi connectivity index (χ4n) is 8.62. The first kappa shape index (κ1) is 67.7. The number of ether oxygens (including phenoxy) is 2. The average molecular weight is 995 g/mol. The number of carbonyl (C=O) groups excluding carboxylic acids is 1. The van der Waals surface area contributed by atoms with E-state index in [0.717, 1.165) is 44.9 Å². The number of hydrogen-bond donors (Lipinski definition) is 0. The predicted octanol–water partition coefficient (Wildman–Crippen LogP) is 18.2. The lowest BCUT2D eigenvalue weighted by molar-refractivity contribution is -0.870. The van der Waals surface area contributed by atoms with Crippen LogP contribution in [0.25, 0.3) is 0 Å². The standard InChI is InChI=1S/C60H116NO7P/c1-6-8-10-12-14-16-18-20-22-24-26-28-30-32-34-36-38-40-42-44-46-48-50-52-55-65-57-59(58-67-69(63,64)66-56-54-61(3,4)5)68-60(62)53-51-49-47-45-43-41-39-37-35-33-31-29-27-25-23-21-19-17-15-13-11-9-7-2/h18,20,24,26,30,32,59H,6-17,19,21-23,25,27-29,31,33-58H2,1-5H3/b20-18-,26-24-,32-30-. The van der Waals surface area contributed by atoms with Crippen LogP contribution in [0.15, 0.2) is 36.5 Å². The summed E-state index contributed by atoms with van der Waals surface area (Å²) in [6.07, 6.45) is 66.2. The summed E-state index contributed by atoms with van der Waals surface area (Å²) >= 11 is 0. The first-order valence-electron chi connectivity index (χ1n) is 29.7. The van der Waals surface area contributed by atoms with E-state index in [1.807, 2.05) is 21.1 Å². The van der Waals surface area contributed by atoms with Gasteiger partial charge in [-0.15, -0.1) is 0 Å². The summed E-state index contributed by atoms with van der Waals surface area (Å²) in [5.74, 6) is -0.330. The summed E-state index contributed by atoms with van der Waals surface area (Å²) in [5, 5.41) is 0. The Kier molecular flexibility index (Phi) is 52.0. The molecule has 2 atom stereocenters. The van der Waals surface area contributed by atoms with E-state index in [2.05, 4.69) is 50.3 Å². The molecule has 0 bridgehead atoms. The average Bonchev–Trinajstić information content (AvgIpc) is 3.31. The lowest BCUT2D eigenvalue weighted by Gasteiger charge is -2.28. The number of rotatable bonds is 56. The highest BCUT2D eigenvalue weighted by Crippen LogP contribution is 2.38. The Labute approximate surface area is 429 Å². The van der Waals surface area contributed by atoms with E-state index in [1.54, 1.807) is 0 Å². The largest absolute Gasteiger partial charge is 0.756 e. The van der Waals surface area contributed by atoms with Crippen LogP contribution >= 0.6 is 7.82 Å². The summed E-state index contributed by atoms with van der Waals surface area (Å²) in [4.78, 5) is 25.3. The van der Waals surface area contributed by atoms with E-state index in [4.69, 9.17) is 18.5 Å². The third-order valence-corrected chi connectivity index (χ3v) is 14.2. The number of phosphoric ester groups is 1. The van der Waals surface area contributed by atoms with Crippen LogP contribution in [0.1, 0.15) is 284 Å². The number of carbonyl (C=O) groups is 1. The monoisotopic (exact) mass is 994 g/mol.